The van der Waals surface area contributed by atoms with Gasteiger partial charge in [0.25, 0.3) is 0 Å². The molecule has 6 heteroatoms. The summed E-state index contributed by atoms with van der Waals surface area (Å²) >= 11 is 0. The second-order valence-corrected chi connectivity index (χ2v) is 5.51. The summed E-state index contributed by atoms with van der Waals surface area (Å²) in [6, 6.07) is 7.08. The highest BCUT2D eigenvalue weighted by molar-refractivity contribution is 6.13. The minimum atomic E-state index is -0.495. The highest BCUT2D eigenvalue weighted by Gasteiger charge is 2.22. The summed E-state index contributed by atoms with van der Waals surface area (Å²) in [5, 5.41) is 9.98. The van der Waals surface area contributed by atoms with Crippen LogP contribution >= 0.6 is 0 Å². The quantitative estimate of drug-likeness (QED) is 0.862. The van der Waals surface area contributed by atoms with E-state index in [1.807, 2.05) is 0 Å². The van der Waals surface area contributed by atoms with Crippen LogP contribution in [0.15, 0.2) is 35.9 Å². The lowest BCUT2D eigenvalue weighted by atomic mass is 9.98. The third-order valence-electron chi connectivity index (χ3n) is 3.95. The number of ether oxygens (including phenoxy) is 3. The Morgan fingerprint density at radius 2 is 1.84 bits per heavy atom. The number of halogens is 1. The number of phenols is 1. The lowest BCUT2D eigenvalue weighted by Gasteiger charge is -2.10. The molecular formula is C19H17FO5. The Labute approximate surface area is 144 Å². The molecule has 1 heterocycles. The van der Waals surface area contributed by atoms with Crippen molar-refractivity contribution in [2.24, 2.45) is 0 Å². The lowest BCUT2D eigenvalue weighted by molar-refractivity contribution is 0.103. The average Bonchev–Trinajstić information content (AvgIpc) is 2.76. The van der Waals surface area contributed by atoms with Crippen LogP contribution in [0.5, 0.6) is 23.0 Å². The van der Waals surface area contributed by atoms with E-state index < -0.39 is 5.82 Å². The standard InChI is InChI=1S/C19H17FO5/c1-23-16-8-11(9-17(24-2)19(16)22)7-12-5-6-25-15-4-3-13(20)10-14(15)18(12)21/h3-4,7-10,22H,5-6H2,1-2H3/b12-7+. The number of ketones is 1. The van der Waals surface area contributed by atoms with Crippen molar-refractivity contribution in [3.63, 3.8) is 0 Å². The van der Waals surface area contributed by atoms with E-state index in [2.05, 4.69) is 0 Å². The fourth-order valence-electron chi connectivity index (χ4n) is 2.70. The molecule has 0 unspecified atom stereocenters. The smallest absolute Gasteiger partial charge is 0.200 e. The molecule has 2 aromatic rings. The van der Waals surface area contributed by atoms with Crippen molar-refractivity contribution in [1.29, 1.82) is 0 Å². The molecule has 1 aliphatic rings. The van der Waals surface area contributed by atoms with Gasteiger partial charge < -0.3 is 19.3 Å². The van der Waals surface area contributed by atoms with Gasteiger partial charge in [-0.05, 0) is 42.0 Å². The van der Waals surface area contributed by atoms with E-state index in [-0.39, 0.29) is 28.6 Å². The topological polar surface area (TPSA) is 65.0 Å². The van der Waals surface area contributed by atoms with Crippen molar-refractivity contribution in [2.45, 2.75) is 6.42 Å². The van der Waals surface area contributed by atoms with Crippen LogP contribution in [0.25, 0.3) is 6.08 Å². The normalized spacial score (nSPS) is 15.3. The molecule has 0 amide bonds. The summed E-state index contributed by atoms with van der Waals surface area (Å²) < 4.78 is 29.3. The zero-order chi connectivity index (χ0) is 18.0. The number of fused-ring (bicyclic) bond motifs is 1. The van der Waals surface area contributed by atoms with Crippen LogP contribution in [-0.2, 0) is 0 Å². The predicted octanol–water partition coefficient (Wildman–Crippen LogP) is 3.60. The van der Waals surface area contributed by atoms with Gasteiger partial charge in [-0.25, -0.2) is 4.39 Å². The van der Waals surface area contributed by atoms with Crippen LogP contribution in [0.4, 0.5) is 4.39 Å². The molecule has 0 spiro atoms. The van der Waals surface area contributed by atoms with Gasteiger partial charge in [-0.1, -0.05) is 0 Å². The molecule has 2 aromatic carbocycles. The Hall–Kier alpha value is -3.02. The van der Waals surface area contributed by atoms with Crippen LogP contribution in [0.1, 0.15) is 22.3 Å². The third-order valence-corrected chi connectivity index (χ3v) is 3.95. The average molecular weight is 344 g/mol. The number of carbonyl (C=O) groups is 1. The van der Waals surface area contributed by atoms with Gasteiger partial charge in [0.2, 0.25) is 5.75 Å². The van der Waals surface area contributed by atoms with Gasteiger partial charge in [-0.2, -0.15) is 0 Å². The number of methoxy groups -OCH3 is 2. The minimum absolute atomic E-state index is 0.116. The zero-order valence-electron chi connectivity index (χ0n) is 13.8. The fraction of sp³-hybridized carbons (Fsp3) is 0.211. The molecule has 3 rings (SSSR count). The van der Waals surface area contributed by atoms with Crippen molar-refractivity contribution in [3.8, 4) is 23.0 Å². The van der Waals surface area contributed by atoms with Gasteiger partial charge in [-0.3, -0.25) is 4.79 Å². The monoisotopic (exact) mass is 344 g/mol. The molecule has 1 aliphatic heterocycles. The van der Waals surface area contributed by atoms with E-state index in [4.69, 9.17) is 14.2 Å². The van der Waals surface area contributed by atoms with Crippen LogP contribution in [-0.4, -0.2) is 31.7 Å². The van der Waals surface area contributed by atoms with Crippen LogP contribution in [0, 0.1) is 5.82 Å². The summed E-state index contributed by atoms with van der Waals surface area (Å²) in [6.07, 6.45) is 2.04. The molecule has 0 saturated heterocycles. The second kappa shape index (κ2) is 6.84. The first-order valence-corrected chi connectivity index (χ1v) is 7.66. The van der Waals surface area contributed by atoms with E-state index in [9.17, 15) is 14.3 Å². The van der Waals surface area contributed by atoms with Gasteiger partial charge >= 0.3 is 0 Å². The van der Waals surface area contributed by atoms with Crippen LogP contribution in [0.2, 0.25) is 0 Å². The third kappa shape index (κ3) is 3.28. The number of hydrogen-bond acceptors (Lipinski definition) is 5. The van der Waals surface area contributed by atoms with Crippen molar-refractivity contribution in [3.05, 3.63) is 52.8 Å². The molecule has 0 aromatic heterocycles. The number of rotatable bonds is 3. The number of benzene rings is 2. The summed E-state index contributed by atoms with van der Waals surface area (Å²) in [4.78, 5) is 12.7. The first-order chi connectivity index (χ1) is 12.0. The Morgan fingerprint density at radius 1 is 1.16 bits per heavy atom. The molecule has 0 bridgehead atoms. The van der Waals surface area contributed by atoms with Gasteiger partial charge in [0.15, 0.2) is 17.3 Å². The fourth-order valence-corrected chi connectivity index (χ4v) is 2.70. The highest BCUT2D eigenvalue weighted by Crippen LogP contribution is 2.38. The number of carbonyl (C=O) groups excluding carboxylic acids is 1. The van der Waals surface area contributed by atoms with E-state index in [0.29, 0.717) is 29.9 Å². The largest absolute Gasteiger partial charge is 0.502 e. The first-order valence-electron chi connectivity index (χ1n) is 7.66. The molecule has 0 atom stereocenters. The van der Waals surface area contributed by atoms with Crippen molar-refractivity contribution in [1.82, 2.24) is 0 Å². The summed E-state index contributed by atoms with van der Waals surface area (Å²) in [7, 11) is 2.85. The van der Waals surface area contributed by atoms with E-state index in [1.165, 1.54) is 32.4 Å². The van der Waals surface area contributed by atoms with E-state index in [0.717, 1.165) is 0 Å². The molecule has 0 fully saturated rings. The molecule has 0 aliphatic carbocycles. The van der Waals surface area contributed by atoms with Gasteiger partial charge in [0.1, 0.15) is 11.6 Å². The molecule has 0 radical (unpaired) electrons. The lowest BCUT2D eigenvalue weighted by Crippen LogP contribution is -2.03. The summed E-state index contributed by atoms with van der Waals surface area (Å²) in [6.45, 7) is 0.308. The molecular weight excluding hydrogens is 327 g/mol. The maximum Gasteiger partial charge on any atom is 0.200 e. The van der Waals surface area contributed by atoms with Gasteiger partial charge in [0.05, 0.1) is 26.4 Å². The molecule has 25 heavy (non-hydrogen) atoms. The van der Waals surface area contributed by atoms with Crippen molar-refractivity contribution in [2.75, 3.05) is 20.8 Å². The van der Waals surface area contributed by atoms with Gasteiger partial charge in [0, 0.05) is 12.0 Å². The molecule has 0 saturated carbocycles. The molecule has 1 N–H and O–H groups in total. The minimum Gasteiger partial charge on any atom is -0.502 e. The van der Waals surface area contributed by atoms with E-state index in [1.54, 1.807) is 18.2 Å². The SMILES string of the molecule is COc1cc(/C=C2\CCOc3ccc(F)cc3C2=O)cc(OC)c1O. The summed E-state index contributed by atoms with van der Waals surface area (Å²) in [5.74, 6) is -0.0707. The van der Waals surface area contributed by atoms with Crippen molar-refractivity contribution >= 4 is 11.9 Å². The second-order valence-electron chi connectivity index (χ2n) is 5.51. The van der Waals surface area contributed by atoms with Crippen molar-refractivity contribution < 1.29 is 28.5 Å². The molecule has 130 valence electrons. The zero-order valence-corrected chi connectivity index (χ0v) is 13.8. The van der Waals surface area contributed by atoms with Crippen LogP contribution < -0.4 is 14.2 Å². The number of Topliss-reactive ketones (excluding diaryl/α,β-unsaturated/α-hetero) is 1. The Kier molecular flexibility index (Phi) is 4.61. The maximum atomic E-state index is 13.5. The number of hydrogen-bond donors (Lipinski definition) is 1. The van der Waals surface area contributed by atoms with Crippen LogP contribution in [0.3, 0.4) is 0 Å². The first kappa shape index (κ1) is 16.8. The Balaban J connectivity index is 2.05. The number of aromatic hydroxyl groups is 1. The summed E-state index contributed by atoms with van der Waals surface area (Å²) in [5.41, 5.74) is 1.29. The molecule has 5 nitrogen and oxygen atoms in total. The number of phenolic OH excluding ortho intramolecular Hbond substituents is 1. The Bertz CT molecular complexity index is 832. The predicted molar refractivity (Wildman–Crippen MR) is 90.0 cm³/mol. The van der Waals surface area contributed by atoms with E-state index >= 15 is 0 Å². The Morgan fingerprint density at radius 3 is 2.48 bits per heavy atom. The maximum absolute atomic E-state index is 13.5. The highest BCUT2D eigenvalue weighted by atomic mass is 19.1. The van der Waals surface area contributed by atoms with Gasteiger partial charge in [-0.15, -0.1) is 0 Å².